The fourth-order valence-electron chi connectivity index (χ4n) is 2.58. The highest BCUT2D eigenvalue weighted by Crippen LogP contribution is 2.27. The Hall–Kier alpha value is -2.04. The molecule has 3 aromatic rings. The smallest absolute Gasteiger partial charge is 0.225 e. The van der Waals surface area contributed by atoms with Crippen LogP contribution in [0.5, 0.6) is 0 Å². The van der Waals surface area contributed by atoms with Crippen LogP contribution in [0.25, 0.3) is 5.65 Å². The molecular weight excluding hydrogens is 333 g/mol. The second-order valence-electron chi connectivity index (χ2n) is 5.30. The Labute approximate surface area is 144 Å². The molecule has 2 heterocycles. The van der Waals surface area contributed by atoms with Crippen LogP contribution < -0.4 is 4.90 Å². The van der Waals surface area contributed by atoms with Crippen molar-refractivity contribution in [2.45, 2.75) is 20.4 Å². The summed E-state index contributed by atoms with van der Waals surface area (Å²) in [5, 5.41) is 0.971. The SMILES string of the molecule is CC(=O)N(Cc1ccc(Cl)c(Cl)c1)c1c(C)nc2ccccn12. The number of carbonyl (C=O) groups excluding carboxylic acids is 1. The van der Waals surface area contributed by atoms with Gasteiger partial charge < -0.3 is 0 Å². The van der Waals surface area contributed by atoms with E-state index in [0.29, 0.717) is 16.6 Å². The number of benzene rings is 1. The number of anilines is 1. The standard InChI is InChI=1S/C17H15Cl2N3O/c1-11-17(21-8-4-3-5-16(21)20-11)22(12(2)23)10-13-6-7-14(18)15(19)9-13/h3-9H,10H2,1-2H3. The van der Waals surface area contributed by atoms with Crippen LogP contribution in [0, 0.1) is 6.92 Å². The van der Waals surface area contributed by atoms with Gasteiger partial charge in [0.1, 0.15) is 11.5 Å². The monoisotopic (exact) mass is 347 g/mol. The van der Waals surface area contributed by atoms with Crippen molar-refractivity contribution in [3.05, 3.63) is 63.9 Å². The molecule has 0 radical (unpaired) electrons. The Morgan fingerprint density at radius 1 is 1.22 bits per heavy atom. The fourth-order valence-corrected chi connectivity index (χ4v) is 2.90. The lowest BCUT2D eigenvalue weighted by Crippen LogP contribution is -2.29. The molecule has 0 aliphatic rings. The average molecular weight is 348 g/mol. The number of halogens is 2. The molecule has 118 valence electrons. The summed E-state index contributed by atoms with van der Waals surface area (Å²) in [5.74, 6) is 0.698. The molecule has 0 spiro atoms. The lowest BCUT2D eigenvalue weighted by Gasteiger charge is -2.21. The molecule has 1 amide bonds. The van der Waals surface area contributed by atoms with Crippen molar-refractivity contribution in [3.8, 4) is 0 Å². The maximum Gasteiger partial charge on any atom is 0.225 e. The maximum atomic E-state index is 12.2. The van der Waals surface area contributed by atoms with Gasteiger partial charge in [-0.05, 0) is 36.8 Å². The molecule has 0 unspecified atom stereocenters. The summed E-state index contributed by atoms with van der Waals surface area (Å²) < 4.78 is 1.91. The van der Waals surface area contributed by atoms with Crippen molar-refractivity contribution in [2.75, 3.05) is 4.90 Å². The third-order valence-corrected chi connectivity index (χ3v) is 4.37. The molecule has 2 aromatic heterocycles. The summed E-state index contributed by atoms with van der Waals surface area (Å²) in [6.07, 6.45) is 1.90. The molecule has 0 aliphatic heterocycles. The Kier molecular flexibility index (Phi) is 4.28. The zero-order valence-electron chi connectivity index (χ0n) is 12.8. The van der Waals surface area contributed by atoms with Gasteiger partial charge in [0.05, 0.1) is 22.3 Å². The third kappa shape index (κ3) is 3.05. The minimum atomic E-state index is -0.0650. The van der Waals surface area contributed by atoms with Crippen LogP contribution in [0.2, 0.25) is 10.0 Å². The largest absolute Gasteiger partial charge is 0.292 e. The number of hydrogen-bond donors (Lipinski definition) is 0. The Morgan fingerprint density at radius 3 is 2.70 bits per heavy atom. The summed E-state index contributed by atoms with van der Waals surface area (Å²) >= 11 is 12.0. The van der Waals surface area contributed by atoms with Crippen LogP contribution in [0.4, 0.5) is 5.82 Å². The number of aromatic nitrogens is 2. The number of hydrogen-bond acceptors (Lipinski definition) is 2. The minimum absolute atomic E-state index is 0.0650. The molecule has 4 nitrogen and oxygen atoms in total. The molecule has 0 aliphatic carbocycles. The molecule has 0 saturated carbocycles. The van der Waals surface area contributed by atoms with Gasteiger partial charge in [-0.2, -0.15) is 0 Å². The molecule has 0 saturated heterocycles. The van der Waals surface area contributed by atoms with Crippen molar-refractivity contribution in [1.82, 2.24) is 9.38 Å². The zero-order valence-corrected chi connectivity index (χ0v) is 14.3. The van der Waals surface area contributed by atoms with Gasteiger partial charge >= 0.3 is 0 Å². The molecule has 3 rings (SSSR count). The zero-order chi connectivity index (χ0) is 16.6. The van der Waals surface area contributed by atoms with Gasteiger partial charge in [-0.1, -0.05) is 35.3 Å². The number of imidazole rings is 1. The van der Waals surface area contributed by atoms with Gasteiger partial charge in [-0.3, -0.25) is 14.1 Å². The summed E-state index contributed by atoms with van der Waals surface area (Å²) in [7, 11) is 0. The van der Waals surface area contributed by atoms with Crippen molar-refractivity contribution < 1.29 is 4.79 Å². The number of amides is 1. The van der Waals surface area contributed by atoms with Crippen molar-refractivity contribution in [2.24, 2.45) is 0 Å². The molecule has 1 aromatic carbocycles. The van der Waals surface area contributed by atoms with Crippen LogP contribution in [0.1, 0.15) is 18.2 Å². The van der Waals surface area contributed by atoms with Crippen LogP contribution in [-0.4, -0.2) is 15.3 Å². The van der Waals surface area contributed by atoms with Gasteiger partial charge in [-0.15, -0.1) is 0 Å². The number of rotatable bonds is 3. The Balaban J connectivity index is 2.06. The highest BCUT2D eigenvalue weighted by Gasteiger charge is 2.20. The van der Waals surface area contributed by atoms with Gasteiger partial charge in [0.25, 0.3) is 0 Å². The first kappa shape index (κ1) is 15.8. The van der Waals surface area contributed by atoms with Crippen LogP contribution in [-0.2, 0) is 11.3 Å². The lowest BCUT2D eigenvalue weighted by molar-refractivity contribution is -0.116. The number of pyridine rings is 1. The summed E-state index contributed by atoms with van der Waals surface area (Å²) in [4.78, 5) is 18.4. The first-order chi connectivity index (χ1) is 11.0. The number of aryl methyl sites for hydroxylation is 1. The molecule has 0 atom stereocenters. The molecule has 0 fully saturated rings. The van der Waals surface area contributed by atoms with Crippen molar-refractivity contribution in [1.29, 1.82) is 0 Å². The van der Waals surface area contributed by atoms with E-state index < -0.39 is 0 Å². The molecule has 23 heavy (non-hydrogen) atoms. The maximum absolute atomic E-state index is 12.2. The van der Waals surface area contributed by atoms with Crippen LogP contribution >= 0.6 is 23.2 Å². The lowest BCUT2D eigenvalue weighted by atomic mass is 10.2. The second kappa shape index (κ2) is 6.22. The van der Waals surface area contributed by atoms with E-state index in [-0.39, 0.29) is 5.91 Å². The number of nitrogens with zero attached hydrogens (tertiary/aromatic N) is 3. The van der Waals surface area contributed by atoms with Gasteiger partial charge in [0.2, 0.25) is 5.91 Å². The van der Waals surface area contributed by atoms with E-state index in [0.717, 1.165) is 22.7 Å². The second-order valence-corrected chi connectivity index (χ2v) is 6.12. The highest BCUT2D eigenvalue weighted by molar-refractivity contribution is 6.42. The van der Waals surface area contributed by atoms with Gasteiger partial charge in [0.15, 0.2) is 0 Å². The topological polar surface area (TPSA) is 37.6 Å². The fraction of sp³-hybridized carbons (Fsp3) is 0.176. The average Bonchev–Trinajstić information content (AvgIpc) is 2.84. The normalized spacial score (nSPS) is 11.0. The minimum Gasteiger partial charge on any atom is -0.292 e. The predicted octanol–water partition coefficient (Wildman–Crippen LogP) is 4.50. The van der Waals surface area contributed by atoms with E-state index in [1.54, 1.807) is 24.0 Å². The van der Waals surface area contributed by atoms with E-state index in [9.17, 15) is 4.79 Å². The number of fused-ring (bicyclic) bond motifs is 1. The predicted molar refractivity (Wildman–Crippen MR) is 93.3 cm³/mol. The van der Waals surface area contributed by atoms with Gasteiger partial charge in [-0.25, -0.2) is 4.98 Å². The van der Waals surface area contributed by atoms with E-state index in [2.05, 4.69) is 4.98 Å². The summed E-state index contributed by atoms with van der Waals surface area (Å²) in [6, 6.07) is 11.1. The first-order valence-corrected chi connectivity index (χ1v) is 7.88. The van der Waals surface area contributed by atoms with Gasteiger partial charge in [0, 0.05) is 13.1 Å². The Bertz CT molecular complexity index is 889. The highest BCUT2D eigenvalue weighted by atomic mass is 35.5. The van der Waals surface area contributed by atoms with Crippen LogP contribution in [0.3, 0.4) is 0 Å². The van der Waals surface area contributed by atoms with E-state index in [4.69, 9.17) is 23.2 Å². The number of carbonyl (C=O) groups is 1. The summed E-state index contributed by atoms with van der Waals surface area (Å²) in [5.41, 5.74) is 2.51. The van der Waals surface area contributed by atoms with Crippen LogP contribution in [0.15, 0.2) is 42.6 Å². The molecule has 0 N–H and O–H groups in total. The van der Waals surface area contributed by atoms with E-state index in [1.807, 2.05) is 41.8 Å². The molecule has 6 heteroatoms. The Morgan fingerprint density at radius 2 is 2.00 bits per heavy atom. The molecular formula is C17H15Cl2N3O. The molecule has 0 bridgehead atoms. The van der Waals surface area contributed by atoms with Crippen molar-refractivity contribution >= 4 is 40.6 Å². The summed E-state index contributed by atoms with van der Waals surface area (Å²) in [6.45, 7) is 3.84. The first-order valence-electron chi connectivity index (χ1n) is 7.13. The van der Waals surface area contributed by atoms with E-state index in [1.165, 1.54) is 0 Å². The quantitative estimate of drug-likeness (QED) is 0.699. The van der Waals surface area contributed by atoms with E-state index >= 15 is 0 Å². The van der Waals surface area contributed by atoms with Crippen molar-refractivity contribution in [3.63, 3.8) is 0 Å². The third-order valence-electron chi connectivity index (χ3n) is 3.63.